The van der Waals surface area contributed by atoms with E-state index in [0.29, 0.717) is 20.5 Å². The minimum Gasteiger partial charge on any atom is -0.478 e. The summed E-state index contributed by atoms with van der Waals surface area (Å²) < 4.78 is 0. The Kier molecular flexibility index (Phi) is 6.41. The molecule has 0 aromatic heterocycles. The molecule has 0 fully saturated rings. The van der Waals surface area contributed by atoms with E-state index in [4.69, 9.17) is 23.2 Å². The van der Waals surface area contributed by atoms with Crippen LogP contribution in [-0.2, 0) is 4.79 Å². The number of carbonyl (C=O) groups excluding carboxylic acids is 2. The lowest BCUT2D eigenvalue weighted by molar-refractivity contribution is -0.112. The van der Waals surface area contributed by atoms with Gasteiger partial charge >= 0.3 is 5.97 Å². The molecule has 6 nitrogen and oxygen atoms in total. The van der Waals surface area contributed by atoms with E-state index >= 15 is 0 Å². The summed E-state index contributed by atoms with van der Waals surface area (Å²) >= 11 is 13.6. The molecule has 2 unspecified atom stereocenters. The van der Waals surface area contributed by atoms with Crippen LogP contribution >= 0.6 is 35.0 Å². The maximum absolute atomic E-state index is 12.9. The molecule has 0 bridgehead atoms. The molecule has 0 saturated heterocycles. The van der Waals surface area contributed by atoms with Crippen LogP contribution in [0.4, 0.5) is 11.4 Å². The van der Waals surface area contributed by atoms with Gasteiger partial charge in [0.05, 0.1) is 10.5 Å². The van der Waals surface area contributed by atoms with Crippen LogP contribution in [0.5, 0.6) is 0 Å². The first-order chi connectivity index (χ1) is 15.3. The molecule has 1 aliphatic heterocycles. The molecule has 3 N–H and O–H groups in total. The van der Waals surface area contributed by atoms with Crippen LogP contribution in [0.15, 0.2) is 76.7 Å². The Morgan fingerprint density at radius 1 is 0.844 bits per heavy atom. The summed E-state index contributed by atoms with van der Waals surface area (Å²) in [6.07, 6.45) is 7.71. The first-order valence-electron chi connectivity index (χ1n) is 9.50. The summed E-state index contributed by atoms with van der Waals surface area (Å²) in [6.45, 7) is 0. The molecule has 2 aliphatic rings. The van der Waals surface area contributed by atoms with Crippen LogP contribution in [0.1, 0.15) is 20.7 Å². The van der Waals surface area contributed by atoms with Crippen LogP contribution in [0.2, 0.25) is 5.02 Å². The number of aromatic carboxylic acids is 1. The van der Waals surface area contributed by atoms with Gasteiger partial charge in [-0.25, -0.2) is 4.79 Å². The largest absolute Gasteiger partial charge is 0.478 e. The van der Waals surface area contributed by atoms with E-state index in [1.54, 1.807) is 24.3 Å². The Balaban J connectivity index is 1.56. The van der Waals surface area contributed by atoms with Gasteiger partial charge in [-0.15, -0.1) is 11.8 Å². The lowest BCUT2D eigenvalue weighted by Gasteiger charge is -2.14. The highest BCUT2D eigenvalue weighted by molar-refractivity contribution is 8.05. The number of rotatable bonds is 5. The molecule has 2 atom stereocenters. The van der Waals surface area contributed by atoms with Crippen molar-refractivity contribution >= 4 is 64.1 Å². The predicted octanol–water partition coefficient (Wildman–Crippen LogP) is 5.54. The Labute approximate surface area is 198 Å². The van der Waals surface area contributed by atoms with E-state index in [9.17, 15) is 19.5 Å². The lowest BCUT2D eigenvalue weighted by atomic mass is 10.00. The average Bonchev–Trinajstić information content (AvgIpc) is 3.11. The quantitative estimate of drug-likeness (QED) is 0.515. The van der Waals surface area contributed by atoms with Gasteiger partial charge in [0, 0.05) is 38.2 Å². The van der Waals surface area contributed by atoms with Crippen LogP contribution in [-0.4, -0.2) is 28.1 Å². The number of allylic oxidation sites excluding steroid dienone is 4. The summed E-state index contributed by atoms with van der Waals surface area (Å²) in [6, 6.07) is 10.4. The highest BCUT2D eigenvalue weighted by Gasteiger charge is 2.35. The van der Waals surface area contributed by atoms with Crippen molar-refractivity contribution in [3.05, 3.63) is 92.9 Å². The third-order valence-electron chi connectivity index (χ3n) is 4.86. The molecule has 0 spiro atoms. The second kappa shape index (κ2) is 9.24. The first-order valence-corrected chi connectivity index (χ1v) is 11.1. The molecular formula is C23H16Cl2N2O4S. The number of nitrogens with one attached hydrogen (secondary N) is 2. The molecule has 9 heteroatoms. The number of fused-ring (bicyclic) bond motifs is 1. The van der Waals surface area contributed by atoms with Gasteiger partial charge < -0.3 is 15.7 Å². The monoisotopic (exact) mass is 486 g/mol. The molecule has 2 aromatic carbocycles. The number of thioether (sulfide) groups is 1. The molecule has 2 aromatic rings. The fourth-order valence-electron chi connectivity index (χ4n) is 3.32. The normalized spacial score (nSPS) is 18.9. The van der Waals surface area contributed by atoms with Gasteiger partial charge in [-0.1, -0.05) is 47.5 Å². The minimum absolute atomic E-state index is 0.0489. The Morgan fingerprint density at radius 3 is 2.09 bits per heavy atom. The number of carbonyl (C=O) groups is 3. The highest BCUT2D eigenvalue weighted by Crippen LogP contribution is 2.47. The number of hydrogen-bond donors (Lipinski definition) is 3. The number of anilines is 2. The number of halogens is 2. The van der Waals surface area contributed by atoms with Gasteiger partial charge in [0.1, 0.15) is 0 Å². The average molecular weight is 487 g/mol. The summed E-state index contributed by atoms with van der Waals surface area (Å²) in [5.41, 5.74) is 0.704. The van der Waals surface area contributed by atoms with E-state index in [-0.39, 0.29) is 28.1 Å². The van der Waals surface area contributed by atoms with E-state index in [0.717, 1.165) is 0 Å². The zero-order valence-electron chi connectivity index (χ0n) is 16.3. The third kappa shape index (κ3) is 4.75. The van der Waals surface area contributed by atoms with Gasteiger partial charge in [-0.3, -0.25) is 9.59 Å². The number of carboxylic acid groups (broad SMARTS) is 1. The summed E-state index contributed by atoms with van der Waals surface area (Å²) in [5, 5.41) is 15.8. The second-order valence-corrected chi connectivity index (χ2v) is 9.11. The van der Waals surface area contributed by atoms with E-state index < -0.39 is 17.8 Å². The summed E-state index contributed by atoms with van der Waals surface area (Å²) in [7, 11) is 0. The van der Waals surface area contributed by atoms with Gasteiger partial charge in [-0.05, 0) is 42.5 Å². The van der Waals surface area contributed by atoms with Crippen molar-refractivity contribution in [3.63, 3.8) is 0 Å². The smallest absolute Gasteiger partial charge is 0.335 e. The van der Waals surface area contributed by atoms with Crippen LogP contribution in [0.3, 0.4) is 0 Å². The number of carboxylic acids is 1. The Morgan fingerprint density at radius 2 is 1.47 bits per heavy atom. The number of benzene rings is 2. The number of amides is 2. The molecule has 4 rings (SSSR count). The molecule has 32 heavy (non-hydrogen) atoms. The van der Waals surface area contributed by atoms with Crippen LogP contribution in [0.25, 0.3) is 0 Å². The molecule has 2 amide bonds. The predicted molar refractivity (Wildman–Crippen MR) is 127 cm³/mol. The molecule has 1 heterocycles. The van der Waals surface area contributed by atoms with Crippen molar-refractivity contribution in [2.75, 3.05) is 10.6 Å². The van der Waals surface area contributed by atoms with Gasteiger partial charge in [0.2, 0.25) is 0 Å². The molecular weight excluding hydrogens is 471 g/mol. The maximum Gasteiger partial charge on any atom is 0.335 e. The SMILES string of the molecule is O=C(Nc1cc(NC(=O)c2ccc(Cl)cc2)cc(C(=O)O)c1)C1=C(Cl)C2C=CC=CC2S1. The summed E-state index contributed by atoms with van der Waals surface area (Å²) in [4.78, 5) is 37.3. The zero-order valence-corrected chi connectivity index (χ0v) is 18.7. The van der Waals surface area contributed by atoms with Crippen molar-refractivity contribution in [1.82, 2.24) is 0 Å². The topological polar surface area (TPSA) is 95.5 Å². The van der Waals surface area contributed by atoms with E-state index in [1.807, 2.05) is 24.3 Å². The Hall–Kier alpha value is -3.00. The van der Waals surface area contributed by atoms with Crippen molar-refractivity contribution < 1.29 is 19.5 Å². The minimum atomic E-state index is -1.20. The molecule has 0 saturated carbocycles. The standard InChI is InChI=1S/C23H16Cl2N2O4S/c24-14-7-5-12(6-8-14)21(28)26-15-9-13(23(30)31)10-16(11-15)27-22(29)20-19(25)17-3-1-2-4-18(17)32-20/h1-11,17-18H,(H,26,28)(H,27,29)(H,30,31). The molecule has 162 valence electrons. The lowest BCUT2D eigenvalue weighted by Crippen LogP contribution is -2.15. The third-order valence-corrected chi connectivity index (χ3v) is 7.02. The van der Waals surface area contributed by atoms with Gasteiger partial charge in [0.15, 0.2) is 0 Å². The number of hydrogen-bond acceptors (Lipinski definition) is 4. The van der Waals surface area contributed by atoms with Crippen molar-refractivity contribution in [1.29, 1.82) is 0 Å². The fraction of sp³-hybridized carbons (Fsp3) is 0.0870. The summed E-state index contributed by atoms with van der Waals surface area (Å²) in [5.74, 6) is -2.14. The van der Waals surface area contributed by atoms with E-state index in [1.165, 1.54) is 30.0 Å². The molecule has 0 radical (unpaired) electrons. The van der Waals surface area contributed by atoms with Crippen molar-refractivity contribution in [3.8, 4) is 0 Å². The highest BCUT2D eigenvalue weighted by atomic mass is 35.5. The molecule has 1 aliphatic carbocycles. The van der Waals surface area contributed by atoms with E-state index in [2.05, 4.69) is 10.6 Å². The van der Waals surface area contributed by atoms with Crippen LogP contribution < -0.4 is 10.6 Å². The Bertz CT molecular complexity index is 1200. The maximum atomic E-state index is 12.9. The fourth-order valence-corrected chi connectivity index (χ4v) is 5.17. The van der Waals surface area contributed by atoms with Crippen LogP contribution in [0, 0.1) is 5.92 Å². The van der Waals surface area contributed by atoms with Gasteiger partial charge in [-0.2, -0.15) is 0 Å². The van der Waals surface area contributed by atoms with Crippen molar-refractivity contribution in [2.24, 2.45) is 5.92 Å². The van der Waals surface area contributed by atoms with Gasteiger partial charge in [0.25, 0.3) is 11.8 Å². The zero-order chi connectivity index (χ0) is 22.8. The first kappa shape index (κ1) is 22.2. The van der Waals surface area contributed by atoms with Crippen molar-refractivity contribution in [2.45, 2.75) is 5.25 Å². The second-order valence-electron chi connectivity index (χ2n) is 7.07.